The van der Waals surface area contributed by atoms with Crippen LogP contribution in [0.3, 0.4) is 0 Å². The van der Waals surface area contributed by atoms with Crippen LogP contribution in [0.2, 0.25) is 0 Å². The first-order chi connectivity index (χ1) is 10.1. The maximum Gasteiger partial charge on any atom is 0.255 e. The van der Waals surface area contributed by atoms with E-state index in [0.717, 1.165) is 16.8 Å². The number of halogens is 1. The number of phenolic OH excluding ortho intramolecular Hbond substituents is 1. The highest BCUT2D eigenvalue weighted by molar-refractivity contribution is 6.06. The number of carbonyl (C=O) groups excluding carboxylic acids is 1. The molecular weight excluding hydrogens is 269 g/mol. The van der Waals surface area contributed by atoms with Crippen LogP contribution in [0.5, 0.6) is 5.75 Å². The van der Waals surface area contributed by atoms with Crippen LogP contribution in [0.15, 0.2) is 60.7 Å². The highest BCUT2D eigenvalue weighted by Gasteiger charge is 2.08. The van der Waals surface area contributed by atoms with E-state index < -0.39 is 11.6 Å². The third-order valence-corrected chi connectivity index (χ3v) is 3.22. The summed E-state index contributed by atoms with van der Waals surface area (Å²) in [6.45, 7) is 0. The highest BCUT2D eigenvalue weighted by atomic mass is 19.1. The van der Waals surface area contributed by atoms with Crippen LogP contribution >= 0.6 is 0 Å². The summed E-state index contributed by atoms with van der Waals surface area (Å²) in [5.74, 6) is -1.55. The SMILES string of the molecule is O=C(Nc1ccc(O)c(F)c1)c1ccc2ccccc2c1. The first-order valence-corrected chi connectivity index (χ1v) is 6.42. The molecule has 0 aliphatic heterocycles. The minimum atomic E-state index is -0.772. The van der Waals surface area contributed by atoms with E-state index in [1.165, 1.54) is 12.1 Å². The maximum atomic E-state index is 13.2. The van der Waals surface area contributed by atoms with Gasteiger partial charge in [0.2, 0.25) is 0 Å². The van der Waals surface area contributed by atoms with Gasteiger partial charge in [0.25, 0.3) is 5.91 Å². The predicted octanol–water partition coefficient (Wildman–Crippen LogP) is 3.94. The molecule has 0 aromatic heterocycles. The molecule has 0 atom stereocenters. The van der Waals surface area contributed by atoms with Crippen molar-refractivity contribution in [3.8, 4) is 5.75 Å². The van der Waals surface area contributed by atoms with Gasteiger partial charge in [-0.25, -0.2) is 4.39 Å². The number of amides is 1. The average molecular weight is 281 g/mol. The second-order valence-corrected chi connectivity index (χ2v) is 4.68. The average Bonchev–Trinajstić information content (AvgIpc) is 2.50. The van der Waals surface area contributed by atoms with Crippen LogP contribution in [0, 0.1) is 5.82 Å². The van der Waals surface area contributed by atoms with E-state index in [0.29, 0.717) is 11.3 Å². The molecule has 0 unspecified atom stereocenters. The number of aromatic hydroxyl groups is 1. The molecule has 0 saturated carbocycles. The van der Waals surface area contributed by atoms with E-state index in [4.69, 9.17) is 5.11 Å². The third-order valence-electron chi connectivity index (χ3n) is 3.22. The van der Waals surface area contributed by atoms with Gasteiger partial charge in [-0.2, -0.15) is 0 Å². The zero-order valence-corrected chi connectivity index (χ0v) is 11.0. The standard InChI is InChI=1S/C17H12FNO2/c18-15-10-14(7-8-16(15)20)19-17(21)13-6-5-11-3-1-2-4-12(11)9-13/h1-10,20H,(H,19,21). The van der Waals surface area contributed by atoms with Crippen molar-refractivity contribution in [2.75, 3.05) is 5.32 Å². The largest absolute Gasteiger partial charge is 0.505 e. The van der Waals surface area contributed by atoms with Gasteiger partial charge >= 0.3 is 0 Å². The van der Waals surface area contributed by atoms with Gasteiger partial charge in [0.1, 0.15) is 0 Å². The Balaban J connectivity index is 1.87. The van der Waals surface area contributed by atoms with Gasteiger partial charge in [0, 0.05) is 17.3 Å². The minimum absolute atomic E-state index is 0.295. The van der Waals surface area contributed by atoms with Crippen LogP contribution in [0.4, 0.5) is 10.1 Å². The van der Waals surface area contributed by atoms with Crippen LogP contribution in [0.25, 0.3) is 10.8 Å². The lowest BCUT2D eigenvalue weighted by atomic mass is 10.1. The minimum Gasteiger partial charge on any atom is -0.505 e. The molecule has 0 aliphatic carbocycles. The van der Waals surface area contributed by atoms with Gasteiger partial charge in [-0.15, -0.1) is 0 Å². The van der Waals surface area contributed by atoms with Gasteiger partial charge in [-0.05, 0) is 35.0 Å². The molecule has 104 valence electrons. The van der Waals surface area contributed by atoms with E-state index in [1.54, 1.807) is 12.1 Å². The lowest BCUT2D eigenvalue weighted by molar-refractivity contribution is 0.102. The molecule has 4 heteroatoms. The van der Waals surface area contributed by atoms with Crippen LogP contribution in [0.1, 0.15) is 10.4 Å². The molecule has 0 fully saturated rings. The second kappa shape index (κ2) is 5.25. The van der Waals surface area contributed by atoms with E-state index in [9.17, 15) is 9.18 Å². The summed E-state index contributed by atoms with van der Waals surface area (Å²) >= 11 is 0. The molecule has 0 heterocycles. The summed E-state index contributed by atoms with van der Waals surface area (Å²) in [7, 11) is 0. The lowest BCUT2D eigenvalue weighted by Gasteiger charge is -2.07. The Bertz CT molecular complexity index is 830. The van der Waals surface area contributed by atoms with Crippen molar-refractivity contribution >= 4 is 22.4 Å². The molecule has 0 spiro atoms. The van der Waals surface area contributed by atoms with Gasteiger partial charge in [0.15, 0.2) is 11.6 Å². The Labute approximate surface area is 120 Å². The molecule has 3 aromatic rings. The summed E-state index contributed by atoms with van der Waals surface area (Å²) in [6.07, 6.45) is 0. The fraction of sp³-hybridized carbons (Fsp3) is 0. The first-order valence-electron chi connectivity index (χ1n) is 6.42. The van der Waals surface area contributed by atoms with E-state index in [-0.39, 0.29) is 5.91 Å². The molecule has 0 aliphatic rings. The van der Waals surface area contributed by atoms with E-state index >= 15 is 0 Å². The number of hydrogen-bond acceptors (Lipinski definition) is 2. The summed E-state index contributed by atoms with van der Waals surface area (Å²) < 4.78 is 13.2. The number of anilines is 1. The van der Waals surface area contributed by atoms with Crippen molar-refractivity contribution in [2.24, 2.45) is 0 Å². The van der Waals surface area contributed by atoms with Crippen molar-refractivity contribution in [1.29, 1.82) is 0 Å². The molecular formula is C17H12FNO2. The summed E-state index contributed by atoms with van der Waals surface area (Å²) in [5.41, 5.74) is 0.783. The molecule has 1 amide bonds. The van der Waals surface area contributed by atoms with Crippen molar-refractivity contribution in [3.05, 3.63) is 72.0 Å². The number of fused-ring (bicyclic) bond motifs is 1. The number of nitrogens with one attached hydrogen (secondary N) is 1. The molecule has 3 aromatic carbocycles. The Kier molecular flexibility index (Phi) is 3.28. The number of rotatable bonds is 2. The van der Waals surface area contributed by atoms with Gasteiger partial charge in [-0.3, -0.25) is 4.79 Å². The Morgan fingerprint density at radius 3 is 2.48 bits per heavy atom. The fourth-order valence-electron chi connectivity index (χ4n) is 2.12. The smallest absolute Gasteiger partial charge is 0.255 e. The molecule has 0 bridgehead atoms. The molecule has 0 radical (unpaired) electrons. The van der Waals surface area contributed by atoms with Gasteiger partial charge in [-0.1, -0.05) is 30.3 Å². The van der Waals surface area contributed by atoms with Crippen molar-refractivity contribution in [2.45, 2.75) is 0 Å². The fourth-order valence-corrected chi connectivity index (χ4v) is 2.12. The predicted molar refractivity (Wildman–Crippen MR) is 80.0 cm³/mol. The van der Waals surface area contributed by atoms with Crippen molar-refractivity contribution in [3.63, 3.8) is 0 Å². The topological polar surface area (TPSA) is 49.3 Å². The molecule has 3 rings (SSSR count). The number of phenols is 1. The monoisotopic (exact) mass is 281 g/mol. The molecule has 21 heavy (non-hydrogen) atoms. The van der Waals surface area contributed by atoms with Crippen molar-refractivity contribution < 1.29 is 14.3 Å². The van der Waals surface area contributed by atoms with Gasteiger partial charge in [0.05, 0.1) is 0 Å². The van der Waals surface area contributed by atoms with E-state index in [1.807, 2.05) is 30.3 Å². The Hall–Kier alpha value is -2.88. The quantitative estimate of drug-likeness (QED) is 0.699. The normalized spacial score (nSPS) is 10.5. The van der Waals surface area contributed by atoms with Crippen LogP contribution < -0.4 is 5.32 Å². The molecule has 2 N–H and O–H groups in total. The maximum absolute atomic E-state index is 13.2. The van der Waals surface area contributed by atoms with Crippen molar-refractivity contribution in [1.82, 2.24) is 0 Å². The summed E-state index contributed by atoms with van der Waals surface area (Å²) in [4.78, 5) is 12.2. The van der Waals surface area contributed by atoms with Crippen LogP contribution in [-0.2, 0) is 0 Å². The number of hydrogen-bond donors (Lipinski definition) is 2. The number of benzene rings is 3. The van der Waals surface area contributed by atoms with E-state index in [2.05, 4.69) is 5.32 Å². The first kappa shape index (κ1) is 13.1. The van der Waals surface area contributed by atoms with Crippen LogP contribution in [-0.4, -0.2) is 11.0 Å². The molecule has 0 saturated heterocycles. The highest BCUT2D eigenvalue weighted by Crippen LogP contribution is 2.21. The zero-order valence-electron chi connectivity index (χ0n) is 11.0. The van der Waals surface area contributed by atoms with Gasteiger partial charge < -0.3 is 10.4 Å². The number of carbonyl (C=O) groups is 1. The Morgan fingerprint density at radius 2 is 1.71 bits per heavy atom. The lowest BCUT2D eigenvalue weighted by Crippen LogP contribution is -2.11. The summed E-state index contributed by atoms with van der Waals surface area (Å²) in [5, 5.41) is 13.7. The Morgan fingerprint density at radius 1 is 0.952 bits per heavy atom. The second-order valence-electron chi connectivity index (χ2n) is 4.68. The molecule has 3 nitrogen and oxygen atoms in total. The summed E-state index contributed by atoms with van der Waals surface area (Å²) in [6, 6.07) is 16.8. The zero-order chi connectivity index (χ0) is 14.8. The third kappa shape index (κ3) is 2.69.